The quantitative estimate of drug-likeness (QED) is 0.132. The van der Waals surface area contributed by atoms with E-state index in [4.69, 9.17) is 14.5 Å². The van der Waals surface area contributed by atoms with Crippen molar-refractivity contribution in [2.24, 2.45) is 0 Å². The maximum Gasteiger partial charge on any atom is 0.162 e. The number of aromatic nitrogens is 3. The van der Waals surface area contributed by atoms with Gasteiger partial charge in [-0.2, -0.15) is 0 Å². The summed E-state index contributed by atoms with van der Waals surface area (Å²) in [5.74, 6) is 2.75. The Morgan fingerprint density at radius 2 is 1.79 bits per heavy atom. The number of rotatable bonds is 6. The molecule has 5 aromatic rings. The normalized spacial score (nSPS) is 13.2. The van der Waals surface area contributed by atoms with Crippen molar-refractivity contribution in [1.82, 2.24) is 15.0 Å². The standard InChI is InChI=1S/C25H23IN4O2S/c1-14-28-19-13-21(32-4)20(31-3)12-17(19)24(29-14)30-25(2,26)23-8-7-22(33-23)16-5-6-18-15(11-16)9-10-27-18/h5-13,27H,1-4H3,(H,28,29,30). The molecule has 0 radical (unpaired) electrons. The lowest BCUT2D eigenvalue weighted by atomic mass is 10.1. The summed E-state index contributed by atoms with van der Waals surface area (Å²) in [5, 5.41) is 5.74. The number of aromatic amines is 1. The number of H-pyrrole nitrogens is 1. The molecule has 0 fully saturated rings. The minimum Gasteiger partial charge on any atom is -0.493 e. The van der Waals surface area contributed by atoms with Gasteiger partial charge in [-0.1, -0.05) is 6.07 Å². The van der Waals surface area contributed by atoms with Crippen LogP contribution in [0.4, 0.5) is 5.82 Å². The third kappa shape index (κ3) is 4.13. The van der Waals surface area contributed by atoms with E-state index in [0.717, 1.165) is 22.2 Å². The molecule has 3 aromatic heterocycles. The fourth-order valence-electron chi connectivity index (χ4n) is 3.90. The second kappa shape index (κ2) is 8.49. The minimum absolute atomic E-state index is 0.375. The Balaban J connectivity index is 1.51. The van der Waals surface area contributed by atoms with Crippen molar-refractivity contribution in [3.63, 3.8) is 0 Å². The summed E-state index contributed by atoms with van der Waals surface area (Å²) in [6, 6.07) is 16.8. The van der Waals surface area contributed by atoms with Crippen molar-refractivity contribution in [1.29, 1.82) is 0 Å². The fraction of sp³-hybridized carbons (Fsp3) is 0.200. The first-order chi connectivity index (χ1) is 15.9. The van der Waals surface area contributed by atoms with Gasteiger partial charge in [-0.05, 0) is 83.8 Å². The first-order valence-electron chi connectivity index (χ1n) is 10.4. The molecule has 168 valence electrons. The molecule has 0 saturated heterocycles. The largest absolute Gasteiger partial charge is 0.493 e. The van der Waals surface area contributed by atoms with Crippen molar-refractivity contribution in [3.05, 3.63) is 65.4 Å². The molecule has 0 aliphatic rings. The van der Waals surface area contributed by atoms with E-state index < -0.39 is 0 Å². The van der Waals surface area contributed by atoms with Gasteiger partial charge in [0.05, 0.1) is 19.7 Å². The number of ether oxygens (including phenoxy) is 2. The predicted octanol–water partition coefficient (Wildman–Crippen LogP) is 6.89. The smallest absolute Gasteiger partial charge is 0.162 e. The summed E-state index contributed by atoms with van der Waals surface area (Å²) in [6.45, 7) is 4.05. The molecule has 3 heterocycles. The number of nitrogens with zero attached hydrogens (tertiary/aromatic N) is 2. The molecule has 8 heteroatoms. The first-order valence-corrected chi connectivity index (χ1v) is 12.3. The minimum atomic E-state index is -0.375. The van der Waals surface area contributed by atoms with Crippen molar-refractivity contribution < 1.29 is 9.47 Å². The van der Waals surface area contributed by atoms with E-state index in [9.17, 15) is 0 Å². The average Bonchev–Trinajstić information content (AvgIpc) is 3.47. The summed E-state index contributed by atoms with van der Waals surface area (Å²) in [6.07, 6.45) is 1.97. The number of methoxy groups -OCH3 is 2. The predicted molar refractivity (Wildman–Crippen MR) is 144 cm³/mol. The van der Waals surface area contributed by atoms with Gasteiger partial charge in [0.15, 0.2) is 11.5 Å². The number of alkyl halides is 1. The third-order valence-corrected chi connectivity index (χ3v) is 8.15. The van der Waals surface area contributed by atoms with Crippen LogP contribution in [0.5, 0.6) is 11.5 Å². The summed E-state index contributed by atoms with van der Waals surface area (Å²) >= 11 is 4.22. The Morgan fingerprint density at radius 3 is 2.58 bits per heavy atom. The molecule has 33 heavy (non-hydrogen) atoms. The van der Waals surface area contributed by atoms with E-state index >= 15 is 0 Å². The number of halogens is 1. The molecular formula is C25H23IN4O2S. The van der Waals surface area contributed by atoms with E-state index in [0.29, 0.717) is 17.3 Å². The van der Waals surface area contributed by atoms with Gasteiger partial charge in [0.25, 0.3) is 0 Å². The monoisotopic (exact) mass is 570 g/mol. The van der Waals surface area contributed by atoms with Crippen LogP contribution in [0, 0.1) is 6.92 Å². The highest BCUT2D eigenvalue weighted by Crippen LogP contribution is 2.42. The summed E-state index contributed by atoms with van der Waals surface area (Å²) in [5.41, 5.74) is 3.17. The highest BCUT2D eigenvalue weighted by molar-refractivity contribution is 14.1. The molecule has 5 rings (SSSR count). The molecule has 6 nitrogen and oxygen atoms in total. The second-order valence-electron chi connectivity index (χ2n) is 7.92. The van der Waals surface area contributed by atoms with Gasteiger partial charge in [0.1, 0.15) is 15.2 Å². The van der Waals surface area contributed by atoms with Crippen molar-refractivity contribution in [2.45, 2.75) is 17.4 Å². The zero-order valence-electron chi connectivity index (χ0n) is 18.7. The molecule has 0 aliphatic heterocycles. The van der Waals surface area contributed by atoms with Crippen LogP contribution in [0.15, 0.2) is 54.7 Å². The Bertz CT molecular complexity index is 1470. The van der Waals surface area contributed by atoms with E-state index in [1.54, 1.807) is 25.6 Å². The lowest BCUT2D eigenvalue weighted by Crippen LogP contribution is -2.24. The number of fused-ring (bicyclic) bond motifs is 2. The number of hydrogen-bond acceptors (Lipinski definition) is 6. The van der Waals surface area contributed by atoms with Gasteiger partial charge in [-0.25, -0.2) is 9.97 Å². The van der Waals surface area contributed by atoms with Crippen molar-refractivity contribution in [3.8, 4) is 21.9 Å². The van der Waals surface area contributed by atoms with Crippen LogP contribution in [0.25, 0.3) is 32.2 Å². The van der Waals surface area contributed by atoms with E-state index in [1.165, 1.54) is 20.7 Å². The zero-order chi connectivity index (χ0) is 23.2. The number of benzene rings is 2. The van der Waals surface area contributed by atoms with Gasteiger partial charge in [0.2, 0.25) is 0 Å². The molecule has 0 bridgehead atoms. The van der Waals surface area contributed by atoms with Gasteiger partial charge in [-0.15, -0.1) is 11.3 Å². The highest BCUT2D eigenvalue weighted by atomic mass is 127. The van der Waals surface area contributed by atoms with E-state index in [1.807, 2.05) is 25.3 Å². The van der Waals surface area contributed by atoms with E-state index in [-0.39, 0.29) is 3.55 Å². The van der Waals surface area contributed by atoms with Crippen LogP contribution in [0.2, 0.25) is 0 Å². The maximum atomic E-state index is 5.51. The van der Waals surface area contributed by atoms with Crippen LogP contribution in [-0.4, -0.2) is 29.2 Å². The fourth-order valence-corrected chi connectivity index (χ4v) is 5.67. The van der Waals surface area contributed by atoms with E-state index in [2.05, 4.69) is 81.2 Å². The second-order valence-corrected chi connectivity index (χ2v) is 11.2. The molecule has 0 spiro atoms. The number of thiophene rings is 1. The Kier molecular flexibility index (Phi) is 5.65. The molecule has 0 aliphatic carbocycles. The lowest BCUT2D eigenvalue weighted by molar-refractivity contribution is 0.356. The van der Waals surface area contributed by atoms with Crippen molar-refractivity contribution >= 4 is 61.6 Å². The highest BCUT2D eigenvalue weighted by Gasteiger charge is 2.27. The zero-order valence-corrected chi connectivity index (χ0v) is 21.7. The summed E-state index contributed by atoms with van der Waals surface area (Å²) < 4.78 is 10.6. The number of aryl methyl sites for hydroxylation is 1. The molecule has 0 amide bonds. The molecule has 0 saturated carbocycles. The third-order valence-electron chi connectivity index (χ3n) is 5.57. The number of nitrogens with one attached hydrogen (secondary N) is 2. The SMILES string of the molecule is COc1cc2nc(C)nc(NC(C)(I)c3ccc(-c4ccc5[nH]ccc5c4)s3)c2cc1OC. The van der Waals surface area contributed by atoms with Crippen LogP contribution in [0.3, 0.4) is 0 Å². The molecule has 2 aromatic carbocycles. The van der Waals surface area contributed by atoms with Crippen LogP contribution >= 0.6 is 33.9 Å². The first kappa shape index (κ1) is 22.0. The Morgan fingerprint density at radius 1 is 1.00 bits per heavy atom. The molecular weight excluding hydrogens is 547 g/mol. The molecule has 1 atom stereocenters. The van der Waals surface area contributed by atoms with Crippen molar-refractivity contribution in [2.75, 3.05) is 19.5 Å². The number of hydrogen-bond donors (Lipinski definition) is 2. The van der Waals surface area contributed by atoms with Crippen LogP contribution in [-0.2, 0) is 3.55 Å². The Labute approximate surface area is 209 Å². The lowest BCUT2D eigenvalue weighted by Gasteiger charge is -2.25. The topological polar surface area (TPSA) is 72.1 Å². The van der Waals surface area contributed by atoms with Gasteiger partial charge in [-0.3, -0.25) is 0 Å². The van der Waals surface area contributed by atoms with Gasteiger partial charge >= 0.3 is 0 Å². The average molecular weight is 570 g/mol. The van der Waals surface area contributed by atoms with Gasteiger partial charge < -0.3 is 19.8 Å². The summed E-state index contributed by atoms with van der Waals surface area (Å²) in [4.78, 5) is 15.0. The molecule has 2 N–H and O–H groups in total. The number of anilines is 1. The van der Waals surface area contributed by atoms with Gasteiger partial charge in [0, 0.05) is 32.9 Å². The summed E-state index contributed by atoms with van der Waals surface area (Å²) in [7, 11) is 3.26. The molecule has 1 unspecified atom stereocenters. The van der Waals surface area contributed by atoms with Crippen LogP contribution < -0.4 is 14.8 Å². The maximum absolute atomic E-state index is 5.51. The Hall–Kier alpha value is -2.85. The van der Waals surface area contributed by atoms with Crippen LogP contribution in [0.1, 0.15) is 17.6 Å².